The number of aliphatic carboxylic acids is 1. The number of hydrogen-bond donors (Lipinski definition) is 4. The Morgan fingerprint density at radius 2 is 1.97 bits per heavy atom. The summed E-state index contributed by atoms with van der Waals surface area (Å²) < 4.78 is 5.14. The SMILES string of the molecule is NC(N)=NCCC[C@H](N)C(=O)N1CCC(C(=O)OCc2ccccc2)[C@]1(C(=O)O)[N+](=O)[O-]. The number of likely N-dealkylation sites (tertiary alicyclic amines) is 1. The number of nitrogens with zero attached hydrogens (tertiary/aromatic N) is 3. The highest BCUT2D eigenvalue weighted by Gasteiger charge is 2.71. The van der Waals surface area contributed by atoms with Crippen LogP contribution in [-0.2, 0) is 25.7 Å². The first-order chi connectivity index (χ1) is 15.1. The fraction of sp³-hybridized carbons (Fsp3) is 0.474. The molecule has 2 rings (SSSR count). The Labute approximate surface area is 183 Å². The zero-order valence-corrected chi connectivity index (χ0v) is 17.3. The summed E-state index contributed by atoms with van der Waals surface area (Å²) >= 11 is 0. The van der Waals surface area contributed by atoms with E-state index in [0.717, 1.165) is 0 Å². The van der Waals surface area contributed by atoms with Crippen molar-refractivity contribution < 1.29 is 29.2 Å². The summed E-state index contributed by atoms with van der Waals surface area (Å²) in [4.78, 5) is 52.7. The van der Waals surface area contributed by atoms with Gasteiger partial charge in [-0.3, -0.25) is 29.6 Å². The molecule has 0 saturated carbocycles. The van der Waals surface area contributed by atoms with Crippen molar-refractivity contribution in [1.82, 2.24) is 4.90 Å². The van der Waals surface area contributed by atoms with Gasteiger partial charge in [0.15, 0.2) is 11.9 Å². The third-order valence-corrected chi connectivity index (χ3v) is 5.19. The molecule has 1 heterocycles. The molecule has 7 N–H and O–H groups in total. The second-order valence-corrected chi connectivity index (χ2v) is 7.27. The third kappa shape index (κ3) is 5.11. The smallest absolute Gasteiger partial charge is 0.408 e. The lowest BCUT2D eigenvalue weighted by atomic mass is 9.93. The Morgan fingerprint density at radius 3 is 2.53 bits per heavy atom. The van der Waals surface area contributed by atoms with Gasteiger partial charge in [-0.25, -0.2) is 4.79 Å². The van der Waals surface area contributed by atoms with Crippen LogP contribution in [0.5, 0.6) is 0 Å². The Hall–Kier alpha value is -3.74. The van der Waals surface area contributed by atoms with Gasteiger partial charge < -0.3 is 27.0 Å². The van der Waals surface area contributed by atoms with Crippen molar-refractivity contribution in [2.24, 2.45) is 28.1 Å². The van der Waals surface area contributed by atoms with E-state index in [-0.39, 0.29) is 38.5 Å². The number of rotatable bonds is 10. The lowest BCUT2D eigenvalue weighted by molar-refractivity contribution is -0.582. The first-order valence-corrected chi connectivity index (χ1v) is 9.83. The monoisotopic (exact) mass is 450 g/mol. The summed E-state index contributed by atoms with van der Waals surface area (Å²) in [5, 5.41) is 21.7. The van der Waals surface area contributed by atoms with Crippen molar-refractivity contribution in [3.8, 4) is 0 Å². The fourth-order valence-corrected chi connectivity index (χ4v) is 3.62. The number of hydrogen-bond acceptors (Lipinski definition) is 8. The Morgan fingerprint density at radius 1 is 1.31 bits per heavy atom. The first kappa shape index (κ1) is 24.5. The molecule has 1 aliphatic rings. The van der Waals surface area contributed by atoms with Crippen molar-refractivity contribution in [2.45, 2.75) is 37.6 Å². The van der Waals surface area contributed by atoms with Crippen LogP contribution >= 0.6 is 0 Å². The molecule has 0 radical (unpaired) electrons. The molecule has 1 aromatic rings. The van der Waals surface area contributed by atoms with Crippen LogP contribution in [0.3, 0.4) is 0 Å². The van der Waals surface area contributed by atoms with Gasteiger partial charge in [-0.05, 0) is 24.8 Å². The molecule has 1 unspecified atom stereocenters. The molecule has 3 atom stereocenters. The summed E-state index contributed by atoms with van der Waals surface area (Å²) in [6.45, 7) is -0.349. The highest BCUT2D eigenvalue weighted by atomic mass is 16.6. The second-order valence-electron chi connectivity index (χ2n) is 7.27. The highest BCUT2D eigenvalue weighted by molar-refractivity contribution is 5.93. The number of benzene rings is 1. The standard InChI is InChI=1S/C19H26N6O7/c20-14(7-4-9-23-18(21)22)15(26)24-10-8-13(19(24,17(28)29)25(30)31)16(27)32-11-12-5-2-1-3-6-12/h1-3,5-6,13-14H,4,7-11,20H2,(H,28,29)(H4,21,22,23)/t13?,14-,19+/m0/s1. The van der Waals surface area contributed by atoms with Gasteiger partial charge in [0, 0.05) is 13.1 Å². The fourth-order valence-electron chi connectivity index (χ4n) is 3.62. The molecule has 1 saturated heterocycles. The number of aliphatic imine (C=N–C) groups is 1. The van der Waals surface area contributed by atoms with E-state index in [4.69, 9.17) is 21.9 Å². The van der Waals surface area contributed by atoms with Gasteiger partial charge in [0.25, 0.3) is 0 Å². The molecular weight excluding hydrogens is 424 g/mol. The maximum Gasteiger partial charge on any atom is 0.408 e. The van der Waals surface area contributed by atoms with E-state index < -0.39 is 40.4 Å². The van der Waals surface area contributed by atoms with E-state index in [0.29, 0.717) is 16.9 Å². The summed E-state index contributed by atoms with van der Waals surface area (Å²) in [5.41, 5.74) is 13.9. The minimum Gasteiger partial charge on any atom is -0.474 e. The lowest BCUT2D eigenvalue weighted by Gasteiger charge is -2.31. The number of carbonyl (C=O) groups is 3. The predicted molar refractivity (Wildman–Crippen MR) is 111 cm³/mol. The summed E-state index contributed by atoms with van der Waals surface area (Å²) in [5.74, 6) is -5.81. The molecule has 174 valence electrons. The van der Waals surface area contributed by atoms with E-state index in [2.05, 4.69) is 4.99 Å². The van der Waals surface area contributed by atoms with Gasteiger partial charge in [0.1, 0.15) is 6.61 Å². The molecule has 13 nitrogen and oxygen atoms in total. The third-order valence-electron chi connectivity index (χ3n) is 5.19. The predicted octanol–water partition coefficient (Wildman–Crippen LogP) is -0.983. The Balaban J connectivity index is 2.20. The number of carbonyl (C=O) groups excluding carboxylic acids is 2. The van der Waals surface area contributed by atoms with Crippen LogP contribution in [0.15, 0.2) is 35.3 Å². The van der Waals surface area contributed by atoms with Crippen molar-refractivity contribution in [3.63, 3.8) is 0 Å². The van der Waals surface area contributed by atoms with Crippen molar-refractivity contribution in [1.29, 1.82) is 0 Å². The molecular formula is C19H26N6O7. The molecule has 0 aromatic heterocycles. The summed E-state index contributed by atoms with van der Waals surface area (Å²) in [6, 6.07) is 7.31. The van der Waals surface area contributed by atoms with E-state index in [1.54, 1.807) is 30.3 Å². The van der Waals surface area contributed by atoms with Crippen molar-refractivity contribution in [3.05, 3.63) is 46.0 Å². The lowest BCUT2D eigenvalue weighted by Crippen LogP contribution is -2.65. The topological polar surface area (TPSA) is 217 Å². The Bertz CT molecular complexity index is 873. The average molecular weight is 450 g/mol. The van der Waals surface area contributed by atoms with Crippen molar-refractivity contribution >= 4 is 23.8 Å². The maximum atomic E-state index is 12.8. The van der Waals surface area contributed by atoms with Gasteiger partial charge >= 0.3 is 17.6 Å². The molecule has 0 spiro atoms. The Kier molecular flexibility index (Phi) is 8.07. The summed E-state index contributed by atoms with van der Waals surface area (Å²) in [7, 11) is 0. The average Bonchev–Trinajstić information content (AvgIpc) is 3.16. The van der Waals surface area contributed by atoms with Crippen molar-refractivity contribution in [2.75, 3.05) is 13.1 Å². The quantitative estimate of drug-likeness (QED) is 0.0852. The zero-order valence-electron chi connectivity index (χ0n) is 17.3. The van der Waals surface area contributed by atoms with E-state index in [9.17, 15) is 29.6 Å². The van der Waals surface area contributed by atoms with Crippen LogP contribution in [0.1, 0.15) is 24.8 Å². The number of nitrogens with two attached hydrogens (primary N) is 3. The van der Waals surface area contributed by atoms with Crippen LogP contribution in [0, 0.1) is 16.0 Å². The molecule has 1 aliphatic heterocycles. The largest absolute Gasteiger partial charge is 0.474 e. The number of ether oxygens (including phenoxy) is 1. The van der Waals surface area contributed by atoms with Crippen LogP contribution in [0.4, 0.5) is 0 Å². The van der Waals surface area contributed by atoms with Gasteiger partial charge in [-0.2, -0.15) is 0 Å². The molecule has 1 fully saturated rings. The second kappa shape index (κ2) is 10.5. The van der Waals surface area contributed by atoms with E-state index >= 15 is 0 Å². The number of guanidine groups is 1. The number of carboxylic acids is 1. The maximum absolute atomic E-state index is 12.8. The van der Waals surface area contributed by atoms with Gasteiger partial charge in [-0.15, -0.1) is 0 Å². The van der Waals surface area contributed by atoms with Crippen LogP contribution in [0.25, 0.3) is 0 Å². The highest BCUT2D eigenvalue weighted by Crippen LogP contribution is 2.38. The molecule has 0 bridgehead atoms. The normalized spacial score (nSPS) is 20.9. The van der Waals surface area contributed by atoms with Gasteiger partial charge in [0.05, 0.1) is 11.0 Å². The molecule has 13 heteroatoms. The van der Waals surface area contributed by atoms with Crippen LogP contribution in [-0.4, -0.2) is 63.5 Å². The van der Waals surface area contributed by atoms with Crippen LogP contribution in [0.2, 0.25) is 0 Å². The molecule has 0 aliphatic carbocycles. The van der Waals surface area contributed by atoms with Crippen LogP contribution < -0.4 is 17.2 Å². The zero-order chi connectivity index (χ0) is 23.9. The number of amides is 1. The number of carboxylic acid groups (broad SMARTS) is 1. The van der Waals surface area contributed by atoms with E-state index in [1.165, 1.54) is 0 Å². The molecule has 32 heavy (non-hydrogen) atoms. The van der Waals surface area contributed by atoms with Gasteiger partial charge in [0.2, 0.25) is 5.91 Å². The van der Waals surface area contributed by atoms with E-state index in [1.807, 2.05) is 0 Å². The van der Waals surface area contributed by atoms with Gasteiger partial charge in [-0.1, -0.05) is 30.3 Å². The minimum absolute atomic E-state index is 0.0582. The summed E-state index contributed by atoms with van der Waals surface area (Å²) in [6.07, 6.45) is 0.0930. The first-order valence-electron chi connectivity index (χ1n) is 9.83. The molecule has 1 aromatic carbocycles. The number of nitro groups is 1. The minimum atomic E-state index is -3.01. The number of esters is 1. The molecule has 1 amide bonds.